The van der Waals surface area contributed by atoms with Gasteiger partial charge in [0.1, 0.15) is 5.84 Å². The molecule has 4 nitrogen and oxygen atoms in total. The summed E-state index contributed by atoms with van der Waals surface area (Å²) in [6.07, 6.45) is 2.58. The van der Waals surface area contributed by atoms with Crippen molar-refractivity contribution in [2.75, 3.05) is 5.32 Å². The zero-order chi connectivity index (χ0) is 16.7. The first-order valence-electron chi connectivity index (χ1n) is 6.84. The molecule has 1 amide bonds. The summed E-state index contributed by atoms with van der Waals surface area (Å²) in [6.45, 7) is 0. The van der Waals surface area contributed by atoms with Crippen LogP contribution >= 0.6 is 0 Å². The van der Waals surface area contributed by atoms with Crippen LogP contribution in [0.1, 0.15) is 5.56 Å². The number of amides is 1. The molecular weight excluding hydrogens is 300 g/mol. The van der Waals surface area contributed by atoms with E-state index in [1.165, 1.54) is 24.4 Å². The number of rotatable bonds is 5. The van der Waals surface area contributed by atoms with Crippen LogP contribution in [0.15, 0.2) is 65.8 Å². The van der Waals surface area contributed by atoms with Crippen molar-refractivity contribution >= 4 is 17.4 Å². The number of carbonyl (C=O) groups is 1. The van der Waals surface area contributed by atoms with Crippen molar-refractivity contribution in [2.45, 2.75) is 6.42 Å². The third-order valence-electron chi connectivity index (χ3n) is 2.90. The van der Waals surface area contributed by atoms with Gasteiger partial charge in [-0.25, -0.2) is 8.78 Å². The molecule has 6 heteroatoms. The second kappa shape index (κ2) is 7.84. The van der Waals surface area contributed by atoms with Gasteiger partial charge in [-0.15, -0.1) is 0 Å². The summed E-state index contributed by atoms with van der Waals surface area (Å²) in [5.74, 6) is -2.73. The van der Waals surface area contributed by atoms with E-state index in [1.807, 2.05) is 30.3 Å². The Labute approximate surface area is 132 Å². The van der Waals surface area contributed by atoms with E-state index < -0.39 is 17.5 Å². The lowest BCUT2D eigenvalue weighted by Crippen LogP contribution is -2.13. The molecule has 2 aromatic carbocycles. The first kappa shape index (κ1) is 16.4. The minimum absolute atomic E-state index is 0.0322. The molecule has 3 N–H and O–H groups in total. The molecule has 0 unspecified atom stereocenters. The highest BCUT2D eigenvalue weighted by Crippen LogP contribution is 2.12. The maximum atomic E-state index is 13.5. The highest BCUT2D eigenvalue weighted by molar-refractivity contribution is 6.00. The van der Waals surface area contributed by atoms with Gasteiger partial charge >= 0.3 is 0 Å². The number of aliphatic imine (C=N–C) groups is 1. The number of halogens is 2. The fourth-order valence-electron chi connectivity index (χ4n) is 1.83. The third-order valence-corrected chi connectivity index (χ3v) is 2.90. The first-order chi connectivity index (χ1) is 11.1. The molecule has 0 fully saturated rings. The molecule has 23 heavy (non-hydrogen) atoms. The Kier molecular flexibility index (Phi) is 5.57. The van der Waals surface area contributed by atoms with Gasteiger partial charge in [0.2, 0.25) is 0 Å². The second-order valence-corrected chi connectivity index (χ2v) is 4.66. The highest BCUT2D eigenvalue weighted by atomic mass is 19.2. The minimum Gasteiger partial charge on any atom is -0.384 e. The number of nitrogens with two attached hydrogens (primary N) is 1. The van der Waals surface area contributed by atoms with Gasteiger partial charge in [-0.05, 0) is 24.3 Å². The van der Waals surface area contributed by atoms with Crippen LogP contribution in [0.5, 0.6) is 0 Å². The standard InChI is InChI=1S/C17H15F2N3O/c18-14-8-4-5-12(17(14)19)11-16(23)22-15(20)9-10-21-13-6-2-1-3-7-13/h1-10,21H,11H2,(H2,20,22,23)/b10-9-. The number of hydrogen-bond acceptors (Lipinski definition) is 2. The molecule has 2 aromatic rings. The summed E-state index contributed by atoms with van der Waals surface area (Å²) in [6, 6.07) is 13.0. The van der Waals surface area contributed by atoms with Gasteiger partial charge in [0, 0.05) is 17.5 Å². The molecule has 0 heterocycles. The van der Waals surface area contributed by atoms with E-state index in [1.54, 1.807) is 0 Å². The number of hydrogen-bond donors (Lipinski definition) is 2. The van der Waals surface area contributed by atoms with Crippen LogP contribution in [0.4, 0.5) is 14.5 Å². The average Bonchev–Trinajstić information content (AvgIpc) is 2.53. The SMILES string of the molecule is NC(/C=C\Nc1ccccc1)=NC(=O)Cc1cccc(F)c1F. The molecule has 0 spiro atoms. The Bertz CT molecular complexity index is 743. The molecule has 0 aliphatic carbocycles. The fourth-order valence-corrected chi connectivity index (χ4v) is 1.83. The lowest BCUT2D eigenvalue weighted by molar-refractivity contribution is -0.117. The van der Waals surface area contributed by atoms with Crippen LogP contribution in [-0.4, -0.2) is 11.7 Å². The summed E-state index contributed by atoms with van der Waals surface area (Å²) in [4.78, 5) is 15.3. The predicted molar refractivity (Wildman–Crippen MR) is 85.9 cm³/mol. The van der Waals surface area contributed by atoms with E-state index >= 15 is 0 Å². The van der Waals surface area contributed by atoms with E-state index in [2.05, 4.69) is 10.3 Å². The molecule has 118 valence electrons. The Morgan fingerprint density at radius 2 is 1.87 bits per heavy atom. The van der Waals surface area contributed by atoms with Crippen LogP contribution in [0, 0.1) is 11.6 Å². The fraction of sp³-hybridized carbons (Fsp3) is 0.0588. The molecule has 0 bridgehead atoms. The molecule has 0 aliphatic rings. The molecule has 0 saturated heterocycles. The van der Waals surface area contributed by atoms with Crippen molar-refractivity contribution in [3.63, 3.8) is 0 Å². The lowest BCUT2D eigenvalue weighted by Gasteiger charge is -2.01. The summed E-state index contributed by atoms with van der Waals surface area (Å²) in [7, 11) is 0. The summed E-state index contributed by atoms with van der Waals surface area (Å²) in [5.41, 5.74) is 6.39. The average molecular weight is 315 g/mol. The molecular formula is C17H15F2N3O. The van der Waals surface area contributed by atoms with Gasteiger partial charge < -0.3 is 11.1 Å². The van der Waals surface area contributed by atoms with Crippen molar-refractivity contribution in [1.29, 1.82) is 0 Å². The van der Waals surface area contributed by atoms with Crippen LogP contribution in [0.3, 0.4) is 0 Å². The highest BCUT2D eigenvalue weighted by Gasteiger charge is 2.11. The van der Waals surface area contributed by atoms with Crippen LogP contribution < -0.4 is 11.1 Å². The third kappa shape index (κ3) is 5.03. The van der Waals surface area contributed by atoms with Gasteiger partial charge in [0.25, 0.3) is 5.91 Å². The van der Waals surface area contributed by atoms with Gasteiger partial charge in [-0.3, -0.25) is 4.79 Å². The monoisotopic (exact) mass is 315 g/mol. The van der Waals surface area contributed by atoms with Gasteiger partial charge in [0.05, 0.1) is 6.42 Å². The summed E-state index contributed by atoms with van der Waals surface area (Å²) >= 11 is 0. The van der Waals surface area contributed by atoms with E-state index in [0.717, 1.165) is 11.8 Å². The van der Waals surface area contributed by atoms with Crippen molar-refractivity contribution < 1.29 is 13.6 Å². The number of anilines is 1. The van der Waals surface area contributed by atoms with E-state index in [-0.39, 0.29) is 17.8 Å². The number of nitrogens with zero attached hydrogens (tertiary/aromatic N) is 1. The molecule has 0 aliphatic heterocycles. The maximum absolute atomic E-state index is 13.5. The van der Waals surface area contributed by atoms with Crippen LogP contribution in [-0.2, 0) is 11.2 Å². The first-order valence-corrected chi connectivity index (χ1v) is 6.84. The minimum atomic E-state index is -1.05. The number of benzene rings is 2. The lowest BCUT2D eigenvalue weighted by atomic mass is 10.1. The zero-order valence-electron chi connectivity index (χ0n) is 12.2. The second-order valence-electron chi connectivity index (χ2n) is 4.66. The molecule has 0 radical (unpaired) electrons. The molecule has 2 rings (SSSR count). The van der Waals surface area contributed by atoms with Gasteiger partial charge in [-0.2, -0.15) is 4.99 Å². The van der Waals surface area contributed by atoms with Crippen molar-refractivity contribution in [1.82, 2.24) is 0 Å². The largest absolute Gasteiger partial charge is 0.384 e. The Morgan fingerprint density at radius 1 is 1.13 bits per heavy atom. The number of carbonyl (C=O) groups excluding carboxylic acids is 1. The number of nitrogens with one attached hydrogen (secondary N) is 1. The van der Waals surface area contributed by atoms with Gasteiger partial charge in [0.15, 0.2) is 11.6 Å². The van der Waals surface area contributed by atoms with E-state index in [0.29, 0.717) is 0 Å². The van der Waals surface area contributed by atoms with E-state index in [4.69, 9.17) is 5.73 Å². The Balaban J connectivity index is 1.94. The van der Waals surface area contributed by atoms with Crippen molar-refractivity contribution in [3.8, 4) is 0 Å². The van der Waals surface area contributed by atoms with Crippen molar-refractivity contribution in [3.05, 3.63) is 78.0 Å². The molecule has 0 aromatic heterocycles. The quantitative estimate of drug-likeness (QED) is 0.658. The predicted octanol–water partition coefficient (Wildman–Crippen LogP) is 3.02. The van der Waals surface area contributed by atoms with Crippen molar-refractivity contribution in [2.24, 2.45) is 10.7 Å². The summed E-state index contributed by atoms with van der Waals surface area (Å²) < 4.78 is 26.5. The van der Waals surface area contributed by atoms with E-state index in [9.17, 15) is 13.6 Å². The molecule has 0 atom stereocenters. The van der Waals surface area contributed by atoms with Crippen LogP contribution in [0.2, 0.25) is 0 Å². The Hall–Kier alpha value is -3.02. The molecule has 0 saturated carbocycles. The topological polar surface area (TPSA) is 67.5 Å². The van der Waals surface area contributed by atoms with Gasteiger partial charge in [-0.1, -0.05) is 30.3 Å². The smallest absolute Gasteiger partial charge is 0.252 e. The van der Waals surface area contributed by atoms with Crippen LogP contribution in [0.25, 0.3) is 0 Å². The zero-order valence-corrected chi connectivity index (χ0v) is 12.2. The number of para-hydroxylation sites is 1. The normalized spacial score (nSPS) is 11.7. The summed E-state index contributed by atoms with van der Waals surface area (Å²) in [5, 5.41) is 2.95. The number of amidine groups is 1. The maximum Gasteiger partial charge on any atom is 0.252 e. The Morgan fingerprint density at radius 3 is 2.61 bits per heavy atom.